The van der Waals surface area contributed by atoms with E-state index in [1.807, 2.05) is 27.7 Å². The van der Waals surface area contributed by atoms with Crippen molar-refractivity contribution in [3.63, 3.8) is 0 Å². The number of methoxy groups -OCH3 is 1. The molecule has 0 spiro atoms. The van der Waals surface area contributed by atoms with Crippen molar-refractivity contribution in [1.82, 2.24) is 4.90 Å². The van der Waals surface area contributed by atoms with Crippen molar-refractivity contribution in [2.24, 2.45) is 5.92 Å². The lowest BCUT2D eigenvalue weighted by Crippen LogP contribution is -2.36. The number of nitrogens with zero attached hydrogens (tertiary/aromatic N) is 1. The lowest BCUT2D eigenvalue weighted by molar-refractivity contribution is 0.118. The van der Waals surface area contributed by atoms with Gasteiger partial charge in [0.2, 0.25) is 0 Å². The highest BCUT2D eigenvalue weighted by atomic mass is 16.5. The van der Waals surface area contributed by atoms with Crippen LogP contribution >= 0.6 is 0 Å². The maximum atomic E-state index is 5.04. The van der Waals surface area contributed by atoms with E-state index in [0.717, 1.165) is 19.1 Å². The predicted molar refractivity (Wildman–Crippen MR) is 69.4 cm³/mol. The van der Waals surface area contributed by atoms with Crippen molar-refractivity contribution in [3.8, 4) is 0 Å². The van der Waals surface area contributed by atoms with Crippen LogP contribution in [0.2, 0.25) is 0 Å². The minimum Gasteiger partial charge on any atom is -0.383 e. The largest absolute Gasteiger partial charge is 0.383 e. The van der Waals surface area contributed by atoms with Gasteiger partial charge < -0.3 is 9.64 Å². The van der Waals surface area contributed by atoms with Crippen molar-refractivity contribution in [3.05, 3.63) is 0 Å². The van der Waals surface area contributed by atoms with Gasteiger partial charge in [0, 0.05) is 20.2 Å². The molecule has 1 fully saturated rings. The first-order valence-corrected chi connectivity index (χ1v) is 6.54. The Labute approximate surface area is 97.0 Å². The van der Waals surface area contributed by atoms with Crippen LogP contribution in [0.25, 0.3) is 0 Å². The number of hydrogen-bond donors (Lipinski definition) is 0. The van der Waals surface area contributed by atoms with E-state index in [1.54, 1.807) is 7.11 Å². The third kappa shape index (κ3) is 10.2. The molecular weight excluding hydrogens is 186 g/mol. The van der Waals surface area contributed by atoms with Crippen LogP contribution in [-0.2, 0) is 4.74 Å². The topological polar surface area (TPSA) is 12.5 Å². The van der Waals surface area contributed by atoms with E-state index >= 15 is 0 Å². The van der Waals surface area contributed by atoms with Crippen LogP contribution in [0.1, 0.15) is 47.5 Å². The average Bonchev–Trinajstić information content (AvgIpc) is 2.32. The van der Waals surface area contributed by atoms with E-state index in [2.05, 4.69) is 11.8 Å². The zero-order chi connectivity index (χ0) is 12.1. The van der Waals surface area contributed by atoms with Crippen LogP contribution in [0.5, 0.6) is 0 Å². The van der Waals surface area contributed by atoms with Gasteiger partial charge in [-0.25, -0.2) is 0 Å². The summed E-state index contributed by atoms with van der Waals surface area (Å²) >= 11 is 0. The summed E-state index contributed by atoms with van der Waals surface area (Å²) in [5, 5.41) is 0. The molecule has 0 amide bonds. The number of likely N-dealkylation sites (tertiary alicyclic amines) is 1. The summed E-state index contributed by atoms with van der Waals surface area (Å²) in [6.45, 7) is 14.9. The van der Waals surface area contributed by atoms with Gasteiger partial charge in [-0.15, -0.1) is 0 Å². The zero-order valence-corrected chi connectivity index (χ0v) is 11.7. The molecule has 1 rings (SSSR count). The monoisotopic (exact) mass is 217 g/mol. The first-order chi connectivity index (χ1) is 7.33. The lowest BCUT2D eigenvalue weighted by Gasteiger charge is -2.30. The summed E-state index contributed by atoms with van der Waals surface area (Å²) in [5.74, 6) is 0.889. The Kier molecular flexibility index (Phi) is 16.1. The molecule has 94 valence electrons. The van der Waals surface area contributed by atoms with Gasteiger partial charge in [-0.1, -0.05) is 34.6 Å². The van der Waals surface area contributed by atoms with E-state index in [-0.39, 0.29) is 0 Å². The third-order valence-corrected chi connectivity index (χ3v) is 2.35. The molecule has 0 aromatic carbocycles. The highest BCUT2D eigenvalue weighted by Gasteiger charge is 2.14. The van der Waals surface area contributed by atoms with Gasteiger partial charge in [-0.05, 0) is 25.3 Å². The highest BCUT2D eigenvalue weighted by molar-refractivity contribution is 4.69. The van der Waals surface area contributed by atoms with Crippen molar-refractivity contribution in [2.75, 3.05) is 33.4 Å². The third-order valence-electron chi connectivity index (χ3n) is 2.35. The standard InChI is InChI=1S/C9H19NO.2C2H6/c1-9-4-3-5-10(8-9)6-7-11-2;2*1-2/h9H,3-8H2,1-2H3;2*1-2H3. The molecule has 0 aliphatic carbocycles. The smallest absolute Gasteiger partial charge is 0.0589 e. The van der Waals surface area contributed by atoms with E-state index in [9.17, 15) is 0 Å². The number of rotatable bonds is 3. The van der Waals surface area contributed by atoms with Gasteiger partial charge in [0.1, 0.15) is 0 Å². The van der Waals surface area contributed by atoms with Crippen molar-refractivity contribution < 1.29 is 4.74 Å². The lowest BCUT2D eigenvalue weighted by atomic mass is 10.0. The van der Waals surface area contributed by atoms with Crippen LogP contribution in [0, 0.1) is 5.92 Å². The van der Waals surface area contributed by atoms with Crippen LogP contribution in [0.4, 0.5) is 0 Å². The normalized spacial score (nSPS) is 20.8. The van der Waals surface area contributed by atoms with Crippen molar-refractivity contribution in [2.45, 2.75) is 47.5 Å². The molecule has 1 aliphatic heterocycles. The number of piperidine rings is 1. The molecular formula is C13H31NO. The maximum Gasteiger partial charge on any atom is 0.0589 e. The van der Waals surface area contributed by atoms with Gasteiger partial charge in [-0.3, -0.25) is 0 Å². The molecule has 2 nitrogen and oxygen atoms in total. The minimum absolute atomic E-state index is 0.882. The average molecular weight is 217 g/mol. The molecule has 1 heterocycles. The summed E-state index contributed by atoms with van der Waals surface area (Å²) in [5.41, 5.74) is 0. The summed E-state index contributed by atoms with van der Waals surface area (Å²) in [6.07, 6.45) is 2.77. The SMILES string of the molecule is CC.CC.COCCN1CCCC(C)C1. The van der Waals surface area contributed by atoms with Crippen LogP contribution in [0.15, 0.2) is 0 Å². The molecule has 0 radical (unpaired) electrons. The summed E-state index contributed by atoms with van der Waals surface area (Å²) in [7, 11) is 1.77. The van der Waals surface area contributed by atoms with Crippen molar-refractivity contribution in [1.29, 1.82) is 0 Å². The van der Waals surface area contributed by atoms with Crippen LogP contribution in [0.3, 0.4) is 0 Å². The van der Waals surface area contributed by atoms with Gasteiger partial charge in [-0.2, -0.15) is 0 Å². The first kappa shape index (κ1) is 17.3. The highest BCUT2D eigenvalue weighted by Crippen LogP contribution is 2.14. The molecule has 0 aromatic rings. The second-order valence-corrected chi connectivity index (χ2v) is 3.54. The Morgan fingerprint density at radius 2 is 1.80 bits per heavy atom. The molecule has 0 bridgehead atoms. The van der Waals surface area contributed by atoms with Crippen molar-refractivity contribution >= 4 is 0 Å². The molecule has 1 atom stereocenters. The fourth-order valence-corrected chi connectivity index (χ4v) is 1.71. The fraction of sp³-hybridized carbons (Fsp3) is 1.00. The summed E-state index contributed by atoms with van der Waals surface area (Å²) in [6, 6.07) is 0. The zero-order valence-electron chi connectivity index (χ0n) is 11.7. The van der Waals surface area contributed by atoms with E-state index in [4.69, 9.17) is 4.74 Å². The quantitative estimate of drug-likeness (QED) is 0.718. The molecule has 15 heavy (non-hydrogen) atoms. The van der Waals surface area contributed by atoms with Crippen LogP contribution in [-0.4, -0.2) is 38.3 Å². The second kappa shape index (κ2) is 13.9. The van der Waals surface area contributed by atoms with Gasteiger partial charge in [0.05, 0.1) is 6.61 Å². The Hall–Kier alpha value is -0.0800. The first-order valence-electron chi connectivity index (χ1n) is 6.54. The van der Waals surface area contributed by atoms with E-state index < -0.39 is 0 Å². The van der Waals surface area contributed by atoms with Gasteiger partial charge in [0.15, 0.2) is 0 Å². The molecule has 1 saturated heterocycles. The fourth-order valence-electron chi connectivity index (χ4n) is 1.71. The van der Waals surface area contributed by atoms with E-state index in [1.165, 1.54) is 25.9 Å². The Bertz CT molecular complexity index is 107. The molecule has 1 unspecified atom stereocenters. The second-order valence-electron chi connectivity index (χ2n) is 3.54. The molecule has 2 heteroatoms. The van der Waals surface area contributed by atoms with Crippen LogP contribution < -0.4 is 0 Å². The minimum atomic E-state index is 0.882. The number of hydrogen-bond acceptors (Lipinski definition) is 2. The van der Waals surface area contributed by atoms with Gasteiger partial charge >= 0.3 is 0 Å². The Morgan fingerprint density at radius 1 is 1.20 bits per heavy atom. The summed E-state index contributed by atoms with van der Waals surface area (Å²) < 4.78 is 5.04. The Morgan fingerprint density at radius 3 is 2.27 bits per heavy atom. The molecule has 0 saturated carbocycles. The maximum absolute atomic E-state index is 5.04. The molecule has 0 N–H and O–H groups in total. The van der Waals surface area contributed by atoms with E-state index in [0.29, 0.717) is 0 Å². The molecule has 1 aliphatic rings. The van der Waals surface area contributed by atoms with Gasteiger partial charge in [0.25, 0.3) is 0 Å². The summed E-state index contributed by atoms with van der Waals surface area (Å²) in [4.78, 5) is 2.50. The Balaban J connectivity index is 0. The number of ether oxygens (including phenoxy) is 1. The predicted octanol–water partition coefficient (Wildman–Crippen LogP) is 3.42. The molecule has 0 aromatic heterocycles.